The number of nitrogens with zero attached hydrogens (tertiary/aromatic N) is 1. The van der Waals surface area contributed by atoms with Gasteiger partial charge in [0.05, 0.1) is 22.8 Å². The number of carbonyl (C=O) groups excluding carboxylic acids is 3. The van der Waals surface area contributed by atoms with Crippen LogP contribution in [0.3, 0.4) is 0 Å². The zero-order valence-corrected chi connectivity index (χ0v) is 21.9. The first-order valence-corrected chi connectivity index (χ1v) is 12.7. The lowest BCUT2D eigenvalue weighted by atomic mass is 10.1. The van der Waals surface area contributed by atoms with Gasteiger partial charge in [-0.3, -0.25) is 14.5 Å². The Kier molecular flexibility index (Phi) is 8.37. The molecule has 1 aliphatic rings. The van der Waals surface area contributed by atoms with E-state index in [1.165, 1.54) is 16.7 Å². The summed E-state index contributed by atoms with van der Waals surface area (Å²) in [5, 5.41) is 2.68. The second-order valence-corrected chi connectivity index (χ2v) is 9.73. The van der Waals surface area contributed by atoms with Crippen molar-refractivity contribution in [2.45, 2.75) is 13.8 Å². The van der Waals surface area contributed by atoms with E-state index < -0.39 is 18.5 Å². The van der Waals surface area contributed by atoms with Crippen molar-refractivity contribution in [3.63, 3.8) is 0 Å². The number of hydrogen-bond acceptors (Lipinski definition) is 7. The van der Waals surface area contributed by atoms with Gasteiger partial charge in [0, 0.05) is 5.69 Å². The van der Waals surface area contributed by atoms with Gasteiger partial charge in [-0.25, -0.2) is 4.79 Å². The molecule has 0 unspecified atom stereocenters. The summed E-state index contributed by atoms with van der Waals surface area (Å²) in [5.74, 6) is -0.546. The number of ether oxygens (including phenoxy) is 2. The number of amides is 2. The standard InChI is InChI=1S/C28H24N2O5S2/c1-3-34-23-14-12-22(13-15-23)30-26(32)24(37-28(30)36)16-19-6-8-20(9-7-19)27(33)35-17-25(31)29-21-10-4-18(2)5-11-21/h4-16H,3,17H2,1-2H3,(H,29,31)/b24-16-. The molecule has 9 heteroatoms. The van der Waals surface area contributed by atoms with Crippen molar-refractivity contribution in [3.05, 3.63) is 94.4 Å². The highest BCUT2D eigenvalue weighted by Gasteiger charge is 2.33. The average molecular weight is 533 g/mol. The van der Waals surface area contributed by atoms with Gasteiger partial charge in [-0.1, -0.05) is 53.8 Å². The van der Waals surface area contributed by atoms with Crippen LogP contribution in [0.15, 0.2) is 77.7 Å². The maximum atomic E-state index is 13.0. The number of thioether (sulfide) groups is 1. The van der Waals surface area contributed by atoms with Crippen LogP contribution >= 0.6 is 24.0 Å². The minimum Gasteiger partial charge on any atom is -0.494 e. The van der Waals surface area contributed by atoms with E-state index in [0.717, 1.165) is 16.9 Å². The Morgan fingerprint density at radius 3 is 2.32 bits per heavy atom. The van der Waals surface area contributed by atoms with Crippen molar-refractivity contribution >= 4 is 63.5 Å². The monoisotopic (exact) mass is 532 g/mol. The maximum absolute atomic E-state index is 13.0. The van der Waals surface area contributed by atoms with Crippen LogP contribution in [0.4, 0.5) is 11.4 Å². The van der Waals surface area contributed by atoms with Crippen LogP contribution in [0.1, 0.15) is 28.4 Å². The number of esters is 1. The third-order valence-corrected chi connectivity index (χ3v) is 6.62. The van der Waals surface area contributed by atoms with Crippen molar-refractivity contribution in [1.29, 1.82) is 0 Å². The van der Waals surface area contributed by atoms with E-state index in [1.807, 2.05) is 26.0 Å². The van der Waals surface area contributed by atoms with Gasteiger partial charge in [0.2, 0.25) is 0 Å². The summed E-state index contributed by atoms with van der Waals surface area (Å²) in [6.45, 7) is 4.01. The molecule has 0 aromatic heterocycles. The fourth-order valence-corrected chi connectivity index (χ4v) is 4.76. The summed E-state index contributed by atoms with van der Waals surface area (Å²) < 4.78 is 11.0. The first kappa shape index (κ1) is 26.1. The van der Waals surface area contributed by atoms with E-state index >= 15 is 0 Å². The number of anilines is 2. The highest BCUT2D eigenvalue weighted by molar-refractivity contribution is 8.27. The van der Waals surface area contributed by atoms with Crippen LogP contribution in [-0.4, -0.2) is 35.3 Å². The predicted molar refractivity (Wildman–Crippen MR) is 150 cm³/mol. The number of rotatable bonds is 8. The smallest absolute Gasteiger partial charge is 0.338 e. The van der Waals surface area contributed by atoms with Crippen LogP contribution in [0, 0.1) is 6.92 Å². The van der Waals surface area contributed by atoms with Gasteiger partial charge in [-0.2, -0.15) is 0 Å². The molecule has 0 atom stereocenters. The number of hydrogen-bond donors (Lipinski definition) is 1. The molecular weight excluding hydrogens is 508 g/mol. The van der Waals surface area contributed by atoms with E-state index in [1.54, 1.807) is 66.7 Å². The van der Waals surface area contributed by atoms with Gasteiger partial charge >= 0.3 is 5.97 Å². The third-order valence-electron chi connectivity index (χ3n) is 5.31. The summed E-state index contributed by atoms with van der Waals surface area (Å²) in [7, 11) is 0. The fraction of sp³-hybridized carbons (Fsp3) is 0.143. The molecule has 7 nitrogen and oxygen atoms in total. The topological polar surface area (TPSA) is 84.9 Å². The van der Waals surface area contributed by atoms with Crippen molar-refractivity contribution < 1.29 is 23.9 Å². The largest absolute Gasteiger partial charge is 0.494 e. The molecular formula is C28H24N2O5S2. The summed E-state index contributed by atoms with van der Waals surface area (Å²) in [5.41, 5.74) is 3.39. The minimum atomic E-state index is -0.618. The second-order valence-electron chi connectivity index (χ2n) is 8.06. The lowest BCUT2D eigenvalue weighted by molar-refractivity contribution is -0.119. The van der Waals surface area contributed by atoms with Crippen LogP contribution in [0.25, 0.3) is 6.08 Å². The first-order chi connectivity index (χ1) is 17.8. The quantitative estimate of drug-likeness (QED) is 0.230. The van der Waals surface area contributed by atoms with Gasteiger partial charge in [-0.15, -0.1) is 0 Å². The lowest BCUT2D eigenvalue weighted by Gasteiger charge is -2.15. The Labute approximate surface area is 224 Å². The Hall–Kier alpha value is -3.95. The molecule has 188 valence electrons. The number of benzene rings is 3. The molecule has 1 N–H and O–H groups in total. The Morgan fingerprint density at radius 2 is 1.68 bits per heavy atom. The number of nitrogens with one attached hydrogen (secondary N) is 1. The summed E-state index contributed by atoms with van der Waals surface area (Å²) in [4.78, 5) is 39.4. The minimum absolute atomic E-state index is 0.220. The van der Waals surface area contributed by atoms with Crippen molar-refractivity contribution in [2.75, 3.05) is 23.4 Å². The summed E-state index contributed by atoms with van der Waals surface area (Å²) in [6.07, 6.45) is 1.72. The molecule has 37 heavy (non-hydrogen) atoms. The van der Waals surface area contributed by atoms with Crippen LogP contribution < -0.4 is 15.0 Å². The van der Waals surface area contributed by atoms with E-state index in [0.29, 0.717) is 32.8 Å². The summed E-state index contributed by atoms with van der Waals surface area (Å²) >= 11 is 6.64. The van der Waals surface area contributed by atoms with Gasteiger partial charge in [-0.05, 0) is 74.0 Å². The van der Waals surface area contributed by atoms with Crippen LogP contribution in [-0.2, 0) is 14.3 Å². The molecule has 1 aliphatic heterocycles. The van der Waals surface area contributed by atoms with Crippen molar-refractivity contribution in [2.24, 2.45) is 0 Å². The van der Waals surface area contributed by atoms with Gasteiger partial charge in [0.1, 0.15) is 5.75 Å². The fourth-order valence-electron chi connectivity index (χ4n) is 3.46. The Morgan fingerprint density at radius 1 is 1.00 bits per heavy atom. The van der Waals surface area contributed by atoms with Gasteiger partial charge in [0.25, 0.3) is 11.8 Å². The Balaban J connectivity index is 1.35. The highest BCUT2D eigenvalue weighted by atomic mass is 32.2. The number of aryl methyl sites for hydroxylation is 1. The Bertz CT molecular complexity index is 1350. The van der Waals surface area contributed by atoms with Crippen molar-refractivity contribution in [1.82, 2.24) is 0 Å². The molecule has 2 amide bonds. The van der Waals surface area contributed by atoms with Crippen LogP contribution in [0.2, 0.25) is 0 Å². The predicted octanol–water partition coefficient (Wildman–Crippen LogP) is 5.60. The molecule has 1 heterocycles. The van der Waals surface area contributed by atoms with E-state index in [4.69, 9.17) is 21.7 Å². The normalized spacial score (nSPS) is 14.1. The molecule has 0 spiro atoms. The molecule has 3 aromatic carbocycles. The second kappa shape index (κ2) is 11.9. The van der Waals surface area contributed by atoms with Gasteiger partial charge in [0.15, 0.2) is 10.9 Å². The molecule has 0 radical (unpaired) electrons. The molecule has 1 fully saturated rings. The SMILES string of the molecule is CCOc1ccc(N2C(=O)/C(=C/c3ccc(C(=O)OCC(=O)Nc4ccc(C)cc4)cc3)SC2=S)cc1. The number of carbonyl (C=O) groups is 3. The molecule has 0 bridgehead atoms. The van der Waals surface area contributed by atoms with Crippen molar-refractivity contribution in [3.8, 4) is 5.75 Å². The molecule has 1 saturated heterocycles. The number of thiocarbonyl (C=S) groups is 1. The third kappa shape index (κ3) is 6.63. The van der Waals surface area contributed by atoms with Crippen LogP contribution in [0.5, 0.6) is 5.75 Å². The zero-order valence-electron chi connectivity index (χ0n) is 20.2. The van der Waals surface area contributed by atoms with E-state index in [-0.39, 0.29) is 5.91 Å². The molecule has 0 saturated carbocycles. The highest BCUT2D eigenvalue weighted by Crippen LogP contribution is 2.36. The lowest BCUT2D eigenvalue weighted by Crippen LogP contribution is -2.27. The maximum Gasteiger partial charge on any atom is 0.338 e. The average Bonchev–Trinajstić information content (AvgIpc) is 3.17. The molecule has 4 rings (SSSR count). The van der Waals surface area contributed by atoms with E-state index in [2.05, 4.69) is 5.32 Å². The molecule has 0 aliphatic carbocycles. The zero-order chi connectivity index (χ0) is 26.4. The van der Waals surface area contributed by atoms with Gasteiger partial charge < -0.3 is 14.8 Å². The first-order valence-electron chi connectivity index (χ1n) is 11.5. The summed E-state index contributed by atoms with van der Waals surface area (Å²) in [6, 6.07) is 21.1. The van der Waals surface area contributed by atoms with E-state index in [9.17, 15) is 14.4 Å². The molecule has 3 aromatic rings.